The van der Waals surface area contributed by atoms with Gasteiger partial charge in [0.1, 0.15) is 0 Å². The maximum absolute atomic E-state index is 12.3. The van der Waals surface area contributed by atoms with Crippen molar-refractivity contribution in [2.45, 2.75) is 32.9 Å². The highest BCUT2D eigenvalue weighted by Crippen LogP contribution is 2.38. The highest BCUT2D eigenvalue weighted by atomic mass is 35.5. The molecule has 2 heterocycles. The van der Waals surface area contributed by atoms with Crippen molar-refractivity contribution in [2.24, 2.45) is 0 Å². The number of ether oxygens (including phenoxy) is 3. The molecule has 0 spiro atoms. The van der Waals surface area contributed by atoms with Crippen LogP contribution in [0, 0.1) is 0 Å². The standard InChI is InChI=1S/C15H17ClN4O4/c1-2-4-20-13(17-18-19-20)9-24-15(21)10-7-11(16)14-12(8-10)22-5-3-6-23-14/h7-8H,2-6,9H2,1H3. The van der Waals surface area contributed by atoms with Crippen LogP contribution < -0.4 is 9.47 Å². The average molecular weight is 353 g/mol. The van der Waals surface area contributed by atoms with Crippen molar-refractivity contribution >= 4 is 17.6 Å². The molecule has 0 unspecified atom stereocenters. The van der Waals surface area contributed by atoms with E-state index >= 15 is 0 Å². The topological polar surface area (TPSA) is 88.4 Å². The number of aryl methyl sites for hydroxylation is 1. The van der Waals surface area contributed by atoms with Gasteiger partial charge in [-0.2, -0.15) is 0 Å². The molecule has 0 bridgehead atoms. The Kier molecular flexibility index (Phi) is 5.14. The summed E-state index contributed by atoms with van der Waals surface area (Å²) in [6.45, 7) is 3.69. The van der Waals surface area contributed by atoms with Crippen LogP contribution in [0.1, 0.15) is 35.9 Å². The Labute approximate surface area is 143 Å². The van der Waals surface area contributed by atoms with Gasteiger partial charge in [-0.25, -0.2) is 9.48 Å². The molecule has 1 aliphatic heterocycles. The lowest BCUT2D eigenvalue weighted by molar-refractivity contribution is 0.0456. The molecule has 9 heteroatoms. The van der Waals surface area contributed by atoms with Crippen molar-refractivity contribution in [2.75, 3.05) is 13.2 Å². The van der Waals surface area contributed by atoms with Gasteiger partial charge in [-0.15, -0.1) is 5.10 Å². The zero-order valence-electron chi connectivity index (χ0n) is 13.2. The van der Waals surface area contributed by atoms with Crippen LogP contribution in [0.25, 0.3) is 0 Å². The molecule has 0 fully saturated rings. The normalized spacial score (nSPS) is 13.4. The largest absolute Gasteiger partial charge is 0.489 e. The van der Waals surface area contributed by atoms with Gasteiger partial charge in [0.25, 0.3) is 0 Å². The molecule has 1 aromatic heterocycles. The van der Waals surface area contributed by atoms with E-state index in [1.807, 2.05) is 6.92 Å². The third-order valence-corrected chi connectivity index (χ3v) is 3.69. The summed E-state index contributed by atoms with van der Waals surface area (Å²) in [4.78, 5) is 12.3. The molecule has 0 atom stereocenters. The summed E-state index contributed by atoms with van der Waals surface area (Å²) in [7, 11) is 0. The molecule has 128 valence electrons. The second-order valence-electron chi connectivity index (χ2n) is 5.23. The Balaban J connectivity index is 1.72. The fourth-order valence-corrected chi connectivity index (χ4v) is 2.54. The quantitative estimate of drug-likeness (QED) is 0.762. The summed E-state index contributed by atoms with van der Waals surface area (Å²) in [5, 5.41) is 11.6. The van der Waals surface area contributed by atoms with E-state index in [1.54, 1.807) is 10.7 Å². The first-order valence-corrected chi connectivity index (χ1v) is 8.08. The maximum atomic E-state index is 12.3. The molecule has 1 aliphatic rings. The van der Waals surface area contributed by atoms with E-state index in [2.05, 4.69) is 15.5 Å². The molecule has 0 aliphatic carbocycles. The SMILES string of the molecule is CCCn1nnnc1COC(=O)c1cc(Cl)c2c(c1)OCCCO2. The van der Waals surface area contributed by atoms with Gasteiger partial charge in [0.2, 0.25) is 0 Å². The molecule has 0 N–H and O–H groups in total. The first-order chi connectivity index (χ1) is 11.7. The molecule has 0 radical (unpaired) electrons. The molecule has 3 rings (SSSR count). The number of fused-ring (bicyclic) bond motifs is 1. The maximum Gasteiger partial charge on any atom is 0.338 e. The summed E-state index contributed by atoms with van der Waals surface area (Å²) in [5.74, 6) is 0.865. The summed E-state index contributed by atoms with van der Waals surface area (Å²) in [5.41, 5.74) is 0.291. The zero-order valence-corrected chi connectivity index (χ0v) is 14.0. The van der Waals surface area contributed by atoms with E-state index < -0.39 is 5.97 Å². The number of benzene rings is 1. The van der Waals surface area contributed by atoms with Crippen molar-refractivity contribution < 1.29 is 19.0 Å². The number of rotatable bonds is 5. The van der Waals surface area contributed by atoms with Gasteiger partial charge in [-0.3, -0.25) is 0 Å². The smallest absolute Gasteiger partial charge is 0.338 e. The van der Waals surface area contributed by atoms with Crippen LogP contribution >= 0.6 is 11.6 Å². The van der Waals surface area contributed by atoms with E-state index in [9.17, 15) is 4.79 Å². The lowest BCUT2D eigenvalue weighted by Crippen LogP contribution is -2.11. The number of esters is 1. The van der Waals surface area contributed by atoms with Crippen molar-refractivity contribution in [3.05, 3.63) is 28.5 Å². The number of hydrogen-bond donors (Lipinski definition) is 0. The highest BCUT2D eigenvalue weighted by molar-refractivity contribution is 6.32. The van der Waals surface area contributed by atoms with E-state index in [-0.39, 0.29) is 6.61 Å². The van der Waals surface area contributed by atoms with Crippen LogP contribution in [0.5, 0.6) is 11.5 Å². The van der Waals surface area contributed by atoms with Crippen LogP contribution in [-0.2, 0) is 17.9 Å². The lowest BCUT2D eigenvalue weighted by atomic mass is 10.2. The van der Waals surface area contributed by atoms with Crippen molar-refractivity contribution in [3.63, 3.8) is 0 Å². The number of halogens is 1. The number of aromatic nitrogens is 4. The van der Waals surface area contributed by atoms with E-state index in [4.69, 9.17) is 25.8 Å². The molecule has 2 aromatic rings. The molecule has 0 amide bonds. The minimum absolute atomic E-state index is 0.0160. The van der Waals surface area contributed by atoms with Gasteiger partial charge in [0.15, 0.2) is 23.9 Å². The van der Waals surface area contributed by atoms with E-state index in [0.29, 0.717) is 47.7 Å². The Hall–Kier alpha value is -2.35. The van der Waals surface area contributed by atoms with Gasteiger partial charge in [0.05, 0.1) is 23.8 Å². The van der Waals surface area contributed by atoms with Gasteiger partial charge >= 0.3 is 5.97 Å². The van der Waals surface area contributed by atoms with Gasteiger partial charge in [-0.1, -0.05) is 18.5 Å². The van der Waals surface area contributed by atoms with Crippen LogP contribution in [0.4, 0.5) is 0 Å². The average Bonchev–Trinajstić information content (AvgIpc) is 2.87. The number of tetrazole rings is 1. The predicted octanol–water partition coefficient (Wildman–Crippen LogP) is 2.25. The van der Waals surface area contributed by atoms with Crippen LogP contribution in [0.2, 0.25) is 5.02 Å². The fraction of sp³-hybridized carbons (Fsp3) is 0.467. The molecule has 0 saturated carbocycles. The first kappa shape index (κ1) is 16.5. The zero-order chi connectivity index (χ0) is 16.9. The summed E-state index contributed by atoms with van der Waals surface area (Å²) < 4.78 is 18.0. The summed E-state index contributed by atoms with van der Waals surface area (Å²) in [6.07, 6.45) is 1.63. The number of nitrogens with zero attached hydrogens (tertiary/aromatic N) is 4. The lowest BCUT2D eigenvalue weighted by Gasteiger charge is -2.11. The van der Waals surface area contributed by atoms with Crippen LogP contribution in [0.15, 0.2) is 12.1 Å². The number of hydrogen-bond acceptors (Lipinski definition) is 7. The predicted molar refractivity (Wildman–Crippen MR) is 84.3 cm³/mol. The molecule has 24 heavy (non-hydrogen) atoms. The second-order valence-corrected chi connectivity index (χ2v) is 5.64. The third-order valence-electron chi connectivity index (χ3n) is 3.41. The molecule has 1 aromatic carbocycles. The first-order valence-electron chi connectivity index (χ1n) is 7.70. The molecular weight excluding hydrogens is 336 g/mol. The van der Waals surface area contributed by atoms with Crippen molar-refractivity contribution in [1.29, 1.82) is 0 Å². The van der Waals surface area contributed by atoms with E-state index in [0.717, 1.165) is 12.8 Å². The van der Waals surface area contributed by atoms with Crippen LogP contribution in [-0.4, -0.2) is 39.4 Å². The van der Waals surface area contributed by atoms with Gasteiger partial charge in [0, 0.05) is 13.0 Å². The third kappa shape index (κ3) is 3.59. The minimum Gasteiger partial charge on any atom is -0.489 e. The van der Waals surface area contributed by atoms with Crippen LogP contribution in [0.3, 0.4) is 0 Å². The highest BCUT2D eigenvalue weighted by Gasteiger charge is 2.19. The Morgan fingerprint density at radius 1 is 1.38 bits per heavy atom. The Morgan fingerprint density at radius 2 is 2.21 bits per heavy atom. The van der Waals surface area contributed by atoms with Gasteiger partial charge in [-0.05, 0) is 29.0 Å². The summed E-state index contributed by atoms with van der Waals surface area (Å²) >= 11 is 6.18. The second kappa shape index (κ2) is 7.48. The molecular formula is C15H17ClN4O4. The molecule has 0 saturated heterocycles. The monoisotopic (exact) mass is 352 g/mol. The Bertz CT molecular complexity index is 734. The van der Waals surface area contributed by atoms with Gasteiger partial charge < -0.3 is 14.2 Å². The number of carbonyl (C=O) groups is 1. The van der Waals surface area contributed by atoms with Crippen molar-refractivity contribution in [1.82, 2.24) is 20.2 Å². The summed E-state index contributed by atoms with van der Waals surface area (Å²) in [6, 6.07) is 3.08. The minimum atomic E-state index is -0.529. The Morgan fingerprint density at radius 3 is 3.04 bits per heavy atom. The van der Waals surface area contributed by atoms with E-state index in [1.165, 1.54) is 6.07 Å². The number of carbonyl (C=O) groups excluding carboxylic acids is 1. The fourth-order valence-electron chi connectivity index (χ4n) is 2.27. The van der Waals surface area contributed by atoms with Crippen molar-refractivity contribution in [3.8, 4) is 11.5 Å². The molecule has 8 nitrogen and oxygen atoms in total.